The van der Waals surface area contributed by atoms with Gasteiger partial charge in [-0.1, -0.05) is 0 Å². The molecule has 0 bridgehead atoms. The summed E-state index contributed by atoms with van der Waals surface area (Å²) in [6.45, 7) is 0.655. The lowest BCUT2D eigenvalue weighted by Gasteiger charge is -2.29. The van der Waals surface area contributed by atoms with Crippen LogP contribution in [0, 0.1) is 0 Å². The van der Waals surface area contributed by atoms with Crippen LogP contribution in [0.5, 0.6) is 0 Å². The van der Waals surface area contributed by atoms with Crippen molar-refractivity contribution in [3.63, 3.8) is 0 Å². The number of carbonyl (C=O) groups is 1. The lowest BCUT2D eigenvalue weighted by Crippen LogP contribution is -2.37. The topological polar surface area (TPSA) is 58.4 Å². The van der Waals surface area contributed by atoms with Crippen LogP contribution in [0.1, 0.15) is 30.3 Å². The van der Waals surface area contributed by atoms with E-state index in [9.17, 15) is 18.0 Å². The number of amides is 1. The summed E-state index contributed by atoms with van der Waals surface area (Å²) < 4.78 is 39.0. The molecule has 0 atom stereocenters. The standard InChI is InChI=1S/C11H14F3N3O2/c1-16-6-8(11(12,13)14)15-9(16)7-2-4-17(5-3-7)10(18)19/h6-7H,2-5H2,1H3,(H,18,19). The number of halogens is 3. The van der Waals surface area contributed by atoms with Gasteiger partial charge in [0.25, 0.3) is 0 Å². The summed E-state index contributed by atoms with van der Waals surface area (Å²) in [5.41, 5.74) is -0.898. The van der Waals surface area contributed by atoms with Crippen molar-refractivity contribution in [3.05, 3.63) is 17.7 Å². The van der Waals surface area contributed by atoms with Gasteiger partial charge in [-0.05, 0) is 12.8 Å². The highest BCUT2D eigenvalue weighted by atomic mass is 19.4. The Kier molecular flexibility index (Phi) is 3.42. The molecule has 1 aromatic rings. The first kappa shape index (κ1) is 13.7. The quantitative estimate of drug-likeness (QED) is 0.856. The monoisotopic (exact) mass is 277 g/mol. The fraction of sp³-hybridized carbons (Fsp3) is 0.636. The molecular weight excluding hydrogens is 263 g/mol. The third-order valence-electron chi connectivity index (χ3n) is 3.33. The highest BCUT2D eigenvalue weighted by molar-refractivity contribution is 5.65. The molecule has 0 aliphatic carbocycles. The van der Waals surface area contributed by atoms with E-state index in [1.54, 1.807) is 0 Å². The van der Waals surface area contributed by atoms with E-state index in [1.165, 1.54) is 16.5 Å². The second-order valence-electron chi connectivity index (χ2n) is 4.64. The molecule has 5 nitrogen and oxygen atoms in total. The smallest absolute Gasteiger partial charge is 0.434 e. The van der Waals surface area contributed by atoms with Crippen LogP contribution in [0.15, 0.2) is 6.20 Å². The molecule has 0 saturated carbocycles. The lowest BCUT2D eigenvalue weighted by molar-refractivity contribution is -0.141. The summed E-state index contributed by atoms with van der Waals surface area (Å²) in [6.07, 6.45) is -3.48. The number of imidazole rings is 1. The Hall–Kier alpha value is -1.73. The van der Waals surface area contributed by atoms with E-state index >= 15 is 0 Å². The number of piperidine rings is 1. The Balaban J connectivity index is 2.12. The Morgan fingerprint density at radius 1 is 1.42 bits per heavy atom. The van der Waals surface area contributed by atoms with Crippen LogP contribution in [-0.2, 0) is 13.2 Å². The maximum absolute atomic E-state index is 12.6. The van der Waals surface area contributed by atoms with Crippen molar-refractivity contribution >= 4 is 6.09 Å². The van der Waals surface area contributed by atoms with Crippen LogP contribution in [0.3, 0.4) is 0 Å². The van der Waals surface area contributed by atoms with Crippen molar-refractivity contribution in [2.75, 3.05) is 13.1 Å². The number of rotatable bonds is 1. The summed E-state index contributed by atoms with van der Waals surface area (Å²) in [4.78, 5) is 15.7. The molecule has 0 radical (unpaired) electrons. The number of aromatic nitrogens is 2. The molecule has 1 fully saturated rings. The van der Waals surface area contributed by atoms with Crippen LogP contribution in [0.25, 0.3) is 0 Å². The van der Waals surface area contributed by atoms with Crippen molar-refractivity contribution in [2.45, 2.75) is 24.9 Å². The van der Waals surface area contributed by atoms with Gasteiger partial charge in [-0.2, -0.15) is 13.2 Å². The summed E-state index contributed by atoms with van der Waals surface area (Å²) in [5, 5.41) is 8.82. The van der Waals surface area contributed by atoms with Crippen molar-refractivity contribution in [3.8, 4) is 0 Å². The van der Waals surface area contributed by atoms with Crippen molar-refractivity contribution in [1.82, 2.24) is 14.5 Å². The van der Waals surface area contributed by atoms with Gasteiger partial charge in [-0.15, -0.1) is 0 Å². The summed E-state index contributed by atoms with van der Waals surface area (Å²) in [7, 11) is 1.53. The molecule has 1 amide bonds. The Morgan fingerprint density at radius 3 is 2.42 bits per heavy atom. The Labute approximate surface area is 107 Å². The largest absolute Gasteiger partial charge is 0.465 e. The highest BCUT2D eigenvalue weighted by Gasteiger charge is 2.36. The van der Waals surface area contributed by atoms with Gasteiger partial charge in [0.1, 0.15) is 5.82 Å². The highest BCUT2D eigenvalue weighted by Crippen LogP contribution is 2.32. The second-order valence-corrected chi connectivity index (χ2v) is 4.64. The minimum atomic E-state index is -4.45. The molecule has 1 aliphatic heterocycles. The van der Waals surface area contributed by atoms with Gasteiger partial charge in [0, 0.05) is 32.3 Å². The fourth-order valence-corrected chi connectivity index (χ4v) is 2.33. The molecule has 19 heavy (non-hydrogen) atoms. The predicted octanol–water partition coefficient (Wildman–Crippen LogP) is 2.30. The van der Waals surface area contributed by atoms with Crippen molar-refractivity contribution < 1.29 is 23.1 Å². The van der Waals surface area contributed by atoms with Gasteiger partial charge in [0.05, 0.1) is 0 Å². The predicted molar refractivity (Wildman–Crippen MR) is 59.8 cm³/mol. The first-order chi connectivity index (χ1) is 8.79. The van der Waals surface area contributed by atoms with Gasteiger partial charge in [-0.25, -0.2) is 9.78 Å². The molecular formula is C11H14F3N3O2. The van der Waals surface area contributed by atoms with E-state index in [0.717, 1.165) is 6.20 Å². The van der Waals surface area contributed by atoms with E-state index in [-0.39, 0.29) is 5.92 Å². The number of hydrogen-bond acceptors (Lipinski definition) is 2. The summed E-state index contributed by atoms with van der Waals surface area (Å²) in [5.74, 6) is 0.245. The van der Waals surface area contributed by atoms with Gasteiger partial charge in [0.15, 0.2) is 5.69 Å². The minimum Gasteiger partial charge on any atom is -0.465 e. The van der Waals surface area contributed by atoms with Gasteiger partial charge in [0.2, 0.25) is 0 Å². The normalized spacial score (nSPS) is 17.8. The van der Waals surface area contributed by atoms with Gasteiger partial charge in [-0.3, -0.25) is 0 Å². The summed E-state index contributed by atoms with van der Waals surface area (Å²) >= 11 is 0. The fourth-order valence-electron chi connectivity index (χ4n) is 2.33. The van der Waals surface area contributed by atoms with E-state index in [1.807, 2.05) is 0 Å². The first-order valence-corrected chi connectivity index (χ1v) is 5.87. The zero-order valence-corrected chi connectivity index (χ0v) is 10.3. The van der Waals surface area contributed by atoms with Gasteiger partial charge < -0.3 is 14.6 Å². The van der Waals surface area contributed by atoms with Crippen LogP contribution in [-0.4, -0.2) is 38.7 Å². The van der Waals surface area contributed by atoms with E-state index in [0.29, 0.717) is 31.8 Å². The third-order valence-corrected chi connectivity index (χ3v) is 3.33. The maximum Gasteiger partial charge on any atom is 0.434 e. The van der Waals surface area contributed by atoms with Crippen LogP contribution >= 0.6 is 0 Å². The summed E-state index contributed by atoms with van der Waals surface area (Å²) in [6, 6.07) is 0. The van der Waals surface area contributed by atoms with E-state index in [4.69, 9.17) is 5.11 Å². The molecule has 2 rings (SSSR count). The van der Waals surface area contributed by atoms with Gasteiger partial charge >= 0.3 is 12.3 Å². The number of carboxylic acid groups (broad SMARTS) is 1. The van der Waals surface area contributed by atoms with Crippen molar-refractivity contribution in [2.24, 2.45) is 7.05 Å². The Bertz CT molecular complexity index is 476. The SMILES string of the molecule is Cn1cc(C(F)(F)F)nc1C1CCN(C(=O)O)CC1. The maximum atomic E-state index is 12.6. The molecule has 1 N–H and O–H groups in total. The molecule has 8 heteroatoms. The zero-order chi connectivity index (χ0) is 14.2. The number of nitrogens with zero attached hydrogens (tertiary/aromatic N) is 3. The molecule has 0 aromatic carbocycles. The van der Waals surface area contributed by atoms with E-state index in [2.05, 4.69) is 4.98 Å². The molecule has 1 aliphatic rings. The average Bonchev–Trinajstić information content (AvgIpc) is 2.71. The molecule has 2 heterocycles. The number of aryl methyl sites for hydroxylation is 1. The second kappa shape index (κ2) is 4.75. The number of hydrogen-bond donors (Lipinski definition) is 1. The van der Waals surface area contributed by atoms with Crippen LogP contribution in [0.4, 0.5) is 18.0 Å². The molecule has 0 unspecified atom stereocenters. The molecule has 0 spiro atoms. The molecule has 106 valence electrons. The lowest BCUT2D eigenvalue weighted by atomic mass is 9.96. The Morgan fingerprint density at radius 2 is 2.00 bits per heavy atom. The van der Waals surface area contributed by atoms with Crippen LogP contribution < -0.4 is 0 Å². The molecule has 1 saturated heterocycles. The zero-order valence-electron chi connectivity index (χ0n) is 10.3. The number of alkyl halides is 3. The van der Waals surface area contributed by atoms with Crippen molar-refractivity contribution in [1.29, 1.82) is 0 Å². The third kappa shape index (κ3) is 2.82. The molecule has 1 aromatic heterocycles. The first-order valence-electron chi connectivity index (χ1n) is 5.87. The number of likely N-dealkylation sites (tertiary alicyclic amines) is 1. The average molecular weight is 277 g/mol. The van der Waals surface area contributed by atoms with Crippen LogP contribution in [0.2, 0.25) is 0 Å². The van der Waals surface area contributed by atoms with E-state index < -0.39 is 18.0 Å². The minimum absolute atomic E-state index is 0.128.